The van der Waals surface area contributed by atoms with E-state index in [1.54, 1.807) is 28.6 Å². The fourth-order valence-corrected chi connectivity index (χ4v) is 4.41. The third-order valence-electron chi connectivity index (χ3n) is 5.20. The molecule has 2 N–H and O–H groups in total. The van der Waals surface area contributed by atoms with Gasteiger partial charge in [0.1, 0.15) is 5.75 Å². The van der Waals surface area contributed by atoms with Gasteiger partial charge in [-0.05, 0) is 72.8 Å². The second-order valence-corrected chi connectivity index (χ2v) is 9.54. The Hall–Kier alpha value is -3.40. The number of ether oxygens (including phenoxy) is 1. The molecule has 0 aliphatic heterocycles. The van der Waals surface area contributed by atoms with E-state index >= 15 is 0 Å². The van der Waals surface area contributed by atoms with Gasteiger partial charge in [-0.3, -0.25) is 4.79 Å². The first-order chi connectivity index (χ1) is 17.6. The Morgan fingerprint density at radius 3 is 2.69 bits per heavy atom. The number of carbonyl (C=O) groups excluding carboxylic acids is 1. The molecule has 0 aliphatic rings. The van der Waals surface area contributed by atoms with Crippen molar-refractivity contribution in [1.82, 2.24) is 25.5 Å². The van der Waals surface area contributed by atoms with Gasteiger partial charge in [-0.25, -0.2) is 0 Å². The first kappa shape index (κ1) is 25.7. The minimum Gasteiger partial charge on any atom is -0.483 e. The smallest absolute Gasteiger partial charge is 0.262 e. The van der Waals surface area contributed by atoms with Crippen molar-refractivity contribution in [3.05, 3.63) is 88.9 Å². The molecule has 0 bridgehead atoms. The molecule has 1 aromatic heterocycles. The lowest BCUT2D eigenvalue weighted by Crippen LogP contribution is -2.21. The van der Waals surface area contributed by atoms with E-state index in [9.17, 15) is 4.79 Å². The molecule has 36 heavy (non-hydrogen) atoms. The predicted molar refractivity (Wildman–Crippen MR) is 143 cm³/mol. The monoisotopic (exact) mass is 522 g/mol. The van der Waals surface area contributed by atoms with Crippen LogP contribution in [0.3, 0.4) is 0 Å². The minimum atomic E-state index is -0.220. The Labute approximate surface area is 219 Å². The van der Waals surface area contributed by atoms with Crippen molar-refractivity contribution in [3.8, 4) is 11.4 Å². The zero-order chi connectivity index (χ0) is 25.2. The number of tetrazole rings is 1. The van der Waals surface area contributed by atoms with Gasteiger partial charge in [-0.1, -0.05) is 59.3 Å². The number of thioether (sulfide) groups is 1. The molecule has 0 unspecified atom stereocenters. The van der Waals surface area contributed by atoms with Gasteiger partial charge in [0.15, 0.2) is 6.61 Å². The topological polar surface area (TPSA) is 94.0 Å². The van der Waals surface area contributed by atoms with E-state index in [-0.39, 0.29) is 12.5 Å². The summed E-state index contributed by atoms with van der Waals surface area (Å²) in [5, 5.41) is 19.6. The quantitative estimate of drug-likeness (QED) is 0.201. The molecule has 0 aliphatic carbocycles. The van der Waals surface area contributed by atoms with Crippen LogP contribution in [0, 0.1) is 6.92 Å². The number of nitrogens with zero attached hydrogens (tertiary/aromatic N) is 4. The highest BCUT2D eigenvalue weighted by Gasteiger charge is 2.10. The molecule has 1 amide bonds. The Morgan fingerprint density at radius 1 is 1.08 bits per heavy atom. The molecule has 186 valence electrons. The van der Waals surface area contributed by atoms with Gasteiger partial charge in [0, 0.05) is 28.6 Å². The van der Waals surface area contributed by atoms with Crippen LogP contribution in [0.2, 0.25) is 5.02 Å². The molecule has 0 spiro atoms. The van der Waals surface area contributed by atoms with Gasteiger partial charge >= 0.3 is 0 Å². The molecule has 0 radical (unpaired) electrons. The minimum absolute atomic E-state index is 0.0880. The maximum absolute atomic E-state index is 12.3. The summed E-state index contributed by atoms with van der Waals surface area (Å²) in [4.78, 5) is 12.3. The van der Waals surface area contributed by atoms with E-state index in [0.29, 0.717) is 17.3 Å². The van der Waals surface area contributed by atoms with Gasteiger partial charge in [0.25, 0.3) is 5.91 Å². The Bertz CT molecular complexity index is 1270. The van der Waals surface area contributed by atoms with Gasteiger partial charge in [0.05, 0.1) is 5.69 Å². The second kappa shape index (κ2) is 13.1. The number of benzene rings is 3. The molecule has 0 atom stereocenters. The van der Waals surface area contributed by atoms with Crippen LogP contribution in [0.1, 0.15) is 17.5 Å². The van der Waals surface area contributed by atoms with E-state index in [4.69, 9.17) is 16.3 Å². The highest BCUT2D eigenvalue weighted by atomic mass is 35.5. The largest absolute Gasteiger partial charge is 0.483 e. The molecule has 0 fully saturated rings. The molecule has 8 nitrogen and oxygen atoms in total. The lowest BCUT2D eigenvalue weighted by Gasteiger charge is -2.13. The van der Waals surface area contributed by atoms with Crippen molar-refractivity contribution in [2.45, 2.75) is 25.0 Å². The fraction of sp³-hybridized carbons (Fsp3) is 0.231. The van der Waals surface area contributed by atoms with Crippen molar-refractivity contribution in [1.29, 1.82) is 0 Å². The highest BCUT2D eigenvalue weighted by molar-refractivity contribution is 7.99. The van der Waals surface area contributed by atoms with E-state index in [1.165, 1.54) is 0 Å². The number of hydrogen-bond acceptors (Lipinski definition) is 7. The van der Waals surface area contributed by atoms with Crippen molar-refractivity contribution in [3.63, 3.8) is 0 Å². The summed E-state index contributed by atoms with van der Waals surface area (Å²) in [5.41, 5.74) is 3.70. The van der Waals surface area contributed by atoms with Crippen LogP contribution in [-0.2, 0) is 11.3 Å². The van der Waals surface area contributed by atoms with Gasteiger partial charge in [0.2, 0.25) is 5.16 Å². The molecule has 0 saturated carbocycles. The Kier molecular flexibility index (Phi) is 9.32. The molecule has 1 heterocycles. The highest BCUT2D eigenvalue weighted by Crippen LogP contribution is 2.23. The Balaban J connectivity index is 1.21. The average molecular weight is 523 g/mol. The van der Waals surface area contributed by atoms with Crippen LogP contribution >= 0.6 is 23.4 Å². The third-order valence-corrected chi connectivity index (χ3v) is 6.44. The SMILES string of the molecule is Cc1ccc(NC(=O)COc2ccc(Cl)cc2CNCCCSc2nnnn2-c2ccccc2)cc1. The molecule has 0 saturated heterocycles. The van der Waals surface area contributed by atoms with E-state index in [0.717, 1.165) is 46.4 Å². The fourth-order valence-electron chi connectivity index (χ4n) is 3.39. The van der Waals surface area contributed by atoms with Gasteiger partial charge in [-0.15, -0.1) is 5.10 Å². The third kappa shape index (κ3) is 7.55. The standard InChI is InChI=1S/C26H27ClN6O2S/c1-19-8-11-22(12-9-19)29-25(34)18-35-24-13-10-21(27)16-20(24)17-28-14-5-15-36-26-30-31-32-33(26)23-6-3-2-4-7-23/h2-4,6-13,16,28H,5,14-15,17-18H2,1H3,(H,29,34). The molecule has 3 aromatic carbocycles. The summed E-state index contributed by atoms with van der Waals surface area (Å²) in [5.74, 6) is 1.27. The summed E-state index contributed by atoms with van der Waals surface area (Å²) in [6.45, 7) is 3.27. The first-order valence-corrected chi connectivity index (χ1v) is 12.9. The average Bonchev–Trinajstić information content (AvgIpc) is 3.36. The lowest BCUT2D eigenvalue weighted by atomic mass is 10.2. The summed E-state index contributed by atoms with van der Waals surface area (Å²) in [6.07, 6.45) is 0.919. The number of aromatic nitrogens is 4. The molecule has 10 heteroatoms. The number of amides is 1. The zero-order valence-electron chi connectivity index (χ0n) is 19.9. The second-order valence-electron chi connectivity index (χ2n) is 8.04. The van der Waals surface area contributed by atoms with Crippen LogP contribution in [0.5, 0.6) is 5.75 Å². The summed E-state index contributed by atoms with van der Waals surface area (Å²) in [6, 6.07) is 22.8. The number of carbonyl (C=O) groups is 1. The van der Waals surface area contributed by atoms with Gasteiger partial charge < -0.3 is 15.4 Å². The number of halogens is 1. The number of nitrogens with one attached hydrogen (secondary N) is 2. The number of aryl methyl sites for hydroxylation is 1. The van der Waals surface area contributed by atoms with Gasteiger partial charge in [-0.2, -0.15) is 4.68 Å². The van der Waals surface area contributed by atoms with Crippen LogP contribution in [0.25, 0.3) is 5.69 Å². The van der Waals surface area contributed by atoms with E-state index in [1.807, 2.05) is 67.6 Å². The lowest BCUT2D eigenvalue weighted by molar-refractivity contribution is -0.118. The number of para-hydroxylation sites is 1. The van der Waals surface area contributed by atoms with Crippen molar-refractivity contribution >= 4 is 35.0 Å². The first-order valence-electron chi connectivity index (χ1n) is 11.5. The van der Waals surface area contributed by atoms with Crippen LogP contribution in [0.4, 0.5) is 5.69 Å². The van der Waals surface area contributed by atoms with E-state index in [2.05, 4.69) is 26.2 Å². The summed E-state index contributed by atoms with van der Waals surface area (Å²) >= 11 is 7.81. The maximum Gasteiger partial charge on any atom is 0.262 e. The number of rotatable bonds is 12. The van der Waals surface area contributed by atoms with E-state index < -0.39 is 0 Å². The number of anilines is 1. The zero-order valence-corrected chi connectivity index (χ0v) is 21.4. The van der Waals surface area contributed by atoms with Crippen molar-refractivity contribution in [2.75, 3.05) is 24.2 Å². The molecular formula is C26H27ClN6O2S. The normalized spacial score (nSPS) is 10.8. The van der Waals surface area contributed by atoms with Crippen molar-refractivity contribution in [2.24, 2.45) is 0 Å². The van der Waals surface area contributed by atoms with Crippen LogP contribution < -0.4 is 15.4 Å². The molecular weight excluding hydrogens is 496 g/mol. The Morgan fingerprint density at radius 2 is 1.89 bits per heavy atom. The summed E-state index contributed by atoms with van der Waals surface area (Å²) < 4.78 is 7.53. The van der Waals surface area contributed by atoms with Crippen molar-refractivity contribution < 1.29 is 9.53 Å². The molecule has 4 aromatic rings. The summed E-state index contributed by atoms with van der Waals surface area (Å²) in [7, 11) is 0. The number of hydrogen-bond donors (Lipinski definition) is 2. The van der Waals surface area contributed by atoms with Crippen LogP contribution in [-0.4, -0.2) is 45.0 Å². The maximum atomic E-state index is 12.3. The van der Waals surface area contributed by atoms with Crippen LogP contribution in [0.15, 0.2) is 78.0 Å². The molecule has 4 rings (SSSR count). The predicted octanol–water partition coefficient (Wildman–Crippen LogP) is 4.91.